The van der Waals surface area contributed by atoms with Crippen molar-refractivity contribution in [1.82, 2.24) is 10.6 Å². The van der Waals surface area contributed by atoms with Gasteiger partial charge in [0.25, 0.3) is 0 Å². The van der Waals surface area contributed by atoms with Crippen LogP contribution < -0.4 is 10.6 Å². The molecular formula is C13H24N2O. The maximum absolute atomic E-state index is 12.2. The minimum Gasteiger partial charge on any atom is -0.352 e. The normalized spacial score (nSPS) is 32.9. The van der Waals surface area contributed by atoms with E-state index < -0.39 is 0 Å². The number of hydrogen-bond acceptors (Lipinski definition) is 2. The van der Waals surface area contributed by atoms with E-state index in [1.54, 1.807) is 0 Å². The summed E-state index contributed by atoms with van der Waals surface area (Å²) >= 11 is 0. The quantitative estimate of drug-likeness (QED) is 0.768. The average molecular weight is 224 g/mol. The smallest absolute Gasteiger partial charge is 0.240 e. The molecule has 1 aliphatic carbocycles. The summed E-state index contributed by atoms with van der Waals surface area (Å²) in [6.45, 7) is 5.16. The molecule has 3 heteroatoms. The molecule has 2 atom stereocenters. The van der Waals surface area contributed by atoms with E-state index in [4.69, 9.17) is 0 Å². The molecule has 2 fully saturated rings. The molecule has 2 aliphatic rings. The molecule has 0 spiro atoms. The van der Waals surface area contributed by atoms with Crippen molar-refractivity contribution in [3.63, 3.8) is 0 Å². The van der Waals surface area contributed by atoms with Gasteiger partial charge in [-0.15, -0.1) is 0 Å². The fraction of sp³-hybridized carbons (Fsp3) is 0.923. The van der Waals surface area contributed by atoms with Gasteiger partial charge in [-0.1, -0.05) is 12.8 Å². The summed E-state index contributed by atoms with van der Waals surface area (Å²) < 4.78 is 0. The third-order valence-electron chi connectivity index (χ3n) is 4.34. The second-order valence-corrected chi connectivity index (χ2v) is 5.67. The number of carbonyl (C=O) groups is 1. The van der Waals surface area contributed by atoms with Crippen LogP contribution in [0.5, 0.6) is 0 Å². The third-order valence-corrected chi connectivity index (χ3v) is 4.34. The Bertz CT molecular complexity index is 253. The zero-order valence-corrected chi connectivity index (χ0v) is 10.5. The first-order valence-electron chi connectivity index (χ1n) is 6.68. The number of rotatable bonds is 3. The SMILES string of the molecule is C[C@@H](NC(=O)C1(C)CCCN1)C1CCCC1. The van der Waals surface area contributed by atoms with E-state index in [-0.39, 0.29) is 11.4 Å². The van der Waals surface area contributed by atoms with Crippen LogP contribution in [0.15, 0.2) is 0 Å². The first kappa shape index (κ1) is 11.9. The van der Waals surface area contributed by atoms with Crippen molar-refractivity contribution in [3.05, 3.63) is 0 Å². The van der Waals surface area contributed by atoms with Crippen molar-refractivity contribution in [2.24, 2.45) is 5.92 Å². The molecule has 1 heterocycles. The summed E-state index contributed by atoms with van der Waals surface area (Å²) in [5.74, 6) is 0.901. The molecule has 1 saturated carbocycles. The number of carbonyl (C=O) groups excluding carboxylic acids is 1. The lowest BCUT2D eigenvalue weighted by atomic mass is 9.95. The van der Waals surface area contributed by atoms with E-state index in [1.807, 2.05) is 6.92 Å². The Morgan fingerprint density at radius 1 is 1.38 bits per heavy atom. The molecule has 0 bridgehead atoms. The molecular weight excluding hydrogens is 200 g/mol. The van der Waals surface area contributed by atoms with Crippen molar-refractivity contribution in [1.29, 1.82) is 0 Å². The van der Waals surface area contributed by atoms with Crippen molar-refractivity contribution < 1.29 is 4.79 Å². The van der Waals surface area contributed by atoms with E-state index in [0.29, 0.717) is 12.0 Å². The van der Waals surface area contributed by atoms with Crippen molar-refractivity contribution >= 4 is 5.91 Å². The van der Waals surface area contributed by atoms with Gasteiger partial charge in [-0.3, -0.25) is 4.79 Å². The Morgan fingerprint density at radius 2 is 2.06 bits per heavy atom. The lowest BCUT2D eigenvalue weighted by Gasteiger charge is -2.28. The van der Waals surface area contributed by atoms with Gasteiger partial charge in [0.05, 0.1) is 5.54 Å². The summed E-state index contributed by atoms with van der Waals surface area (Å²) in [7, 11) is 0. The van der Waals surface area contributed by atoms with Crippen LogP contribution in [-0.2, 0) is 4.79 Å². The van der Waals surface area contributed by atoms with Crippen LogP contribution in [-0.4, -0.2) is 24.0 Å². The van der Waals surface area contributed by atoms with Crippen molar-refractivity contribution in [2.75, 3.05) is 6.54 Å². The van der Waals surface area contributed by atoms with Gasteiger partial charge in [0.1, 0.15) is 0 Å². The summed E-state index contributed by atoms with van der Waals surface area (Å²) in [6.07, 6.45) is 7.32. The predicted octanol–water partition coefficient (Wildman–Crippen LogP) is 1.82. The summed E-state index contributed by atoms with van der Waals surface area (Å²) in [5.41, 5.74) is -0.313. The molecule has 2 N–H and O–H groups in total. The molecule has 1 aliphatic heterocycles. The summed E-state index contributed by atoms with van der Waals surface area (Å²) in [5, 5.41) is 6.52. The molecule has 0 aromatic heterocycles. The Morgan fingerprint density at radius 3 is 2.62 bits per heavy atom. The third kappa shape index (κ3) is 2.40. The summed E-state index contributed by atoms with van der Waals surface area (Å²) in [4.78, 5) is 12.2. The monoisotopic (exact) mass is 224 g/mol. The molecule has 0 aromatic carbocycles. The average Bonchev–Trinajstić information content (AvgIpc) is 2.88. The Hall–Kier alpha value is -0.570. The highest BCUT2D eigenvalue weighted by Crippen LogP contribution is 2.28. The highest BCUT2D eigenvalue weighted by molar-refractivity contribution is 5.86. The fourth-order valence-corrected chi connectivity index (χ4v) is 3.03. The predicted molar refractivity (Wildman–Crippen MR) is 65.2 cm³/mol. The number of hydrogen-bond donors (Lipinski definition) is 2. The van der Waals surface area contributed by atoms with E-state index in [2.05, 4.69) is 17.6 Å². The lowest BCUT2D eigenvalue weighted by molar-refractivity contribution is -0.127. The second-order valence-electron chi connectivity index (χ2n) is 5.67. The fourth-order valence-electron chi connectivity index (χ4n) is 3.03. The van der Waals surface area contributed by atoms with E-state index in [0.717, 1.165) is 19.4 Å². The van der Waals surface area contributed by atoms with Gasteiger partial charge < -0.3 is 10.6 Å². The molecule has 3 nitrogen and oxygen atoms in total. The van der Waals surface area contributed by atoms with Crippen LogP contribution in [0.25, 0.3) is 0 Å². The van der Waals surface area contributed by atoms with Crippen LogP contribution in [0.2, 0.25) is 0 Å². The maximum Gasteiger partial charge on any atom is 0.240 e. The largest absolute Gasteiger partial charge is 0.352 e. The zero-order valence-electron chi connectivity index (χ0n) is 10.5. The van der Waals surface area contributed by atoms with Gasteiger partial charge >= 0.3 is 0 Å². The summed E-state index contributed by atoms with van der Waals surface area (Å²) in [6, 6.07) is 0.342. The molecule has 1 saturated heterocycles. The number of nitrogens with one attached hydrogen (secondary N) is 2. The number of amides is 1. The van der Waals surface area contributed by atoms with Gasteiger partial charge in [0.2, 0.25) is 5.91 Å². The molecule has 92 valence electrons. The highest BCUT2D eigenvalue weighted by atomic mass is 16.2. The van der Waals surface area contributed by atoms with Gasteiger partial charge in [-0.25, -0.2) is 0 Å². The lowest BCUT2D eigenvalue weighted by Crippen LogP contribution is -2.54. The Kier molecular flexibility index (Phi) is 3.53. The molecule has 1 unspecified atom stereocenters. The first-order valence-corrected chi connectivity index (χ1v) is 6.68. The van der Waals surface area contributed by atoms with Crippen LogP contribution in [0.1, 0.15) is 52.4 Å². The van der Waals surface area contributed by atoms with Gasteiger partial charge in [-0.2, -0.15) is 0 Å². The first-order chi connectivity index (χ1) is 7.62. The van der Waals surface area contributed by atoms with Gasteiger partial charge in [0, 0.05) is 6.04 Å². The van der Waals surface area contributed by atoms with E-state index in [9.17, 15) is 4.79 Å². The van der Waals surface area contributed by atoms with Crippen LogP contribution >= 0.6 is 0 Å². The minimum atomic E-state index is -0.313. The van der Waals surface area contributed by atoms with Gasteiger partial charge in [-0.05, 0) is 52.0 Å². The van der Waals surface area contributed by atoms with Crippen LogP contribution in [0.4, 0.5) is 0 Å². The van der Waals surface area contributed by atoms with Crippen LogP contribution in [0.3, 0.4) is 0 Å². The highest BCUT2D eigenvalue weighted by Gasteiger charge is 2.37. The van der Waals surface area contributed by atoms with Crippen molar-refractivity contribution in [3.8, 4) is 0 Å². The molecule has 0 aromatic rings. The molecule has 0 radical (unpaired) electrons. The van der Waals surface area contributed by atoms with Gasteiger partial charge in [0.15, 0.2) is 0 Å². The zero-order chi connectivity index (χ0) is 11.6. The molecule has 16 heavy (non-hydrogen) atoms. The van der Waals surface area contributed by atoms with E-state index in [1.165, 1.54) is 25.7 Å². The van der Waals surface area contributed by atoms with Crippen LogP contribution in [0, 0.1) is 5.92 Å². The minimum absolute atomic E-state index is 0.199. The molecule has 1 amide bonds. The van der Waals surface area contributed by atoms with E-state index >= 15 is 0 Å². The molecule has 2 rings (SSSR count). The second kappa shape index (κ2) is 4.74. The standard InChI is InChI=1S/C13H24N2O/c1-10(11-6-3-4-7-11)15-12(16)13(2)8-5-9-14-13/h10-11,14H,3-9H2,1-2H3,(H,15,16)/t10-,13?/m1/s1. The Balaban J connectivity index is 1.86. The van der Waals surface area contributed by atoms with Crippen molar-refractivity contribution in [2.45, 2.75) is 64.0 Å². The topological polar surface area (TPSA) is 41.1 Å². The Labute approximate surface area is 98.4 Å². The maximum atomic E-state index is 12.2.